The Bertz CT molecular complexity index is 71.9. The molecule has 0 aromatic rings. The van der Waals surface area contributed by atoms with Crippen LogP contribution < -0.4 is 0 Å². The molecule has 0 fully saturated rings. The topological polar surface area (TPSA) is 49.7 Å². The van der Waals surface area contributed by atoms with Gasteiger partial charge < -0.3 is 0 Å². The second-order valence-corrected chi connectivity index (χ2v) is 0.844. The molecule has 0 aromatic carbocycles. The van der Waals surface area contributed by atoms with Crippen LogP contribution in [0.15, 0.2) is 3.96 Å². The van der Waals surface area contributed by atoms with Gasteiger partial charge in [-0.15, -0.1) is 0 Å². The van der Waals surface area contributed by atoms with Gasteiger partial charge in [0.1, 0.15) is 0 Å². The summed E-state index contributed by atoms with van der Waals surface area (Å²) in [7, 11) is 0. The van der Waals surface area contributed by atoms with Crippen LogP contribution in [-0.2, 0) is 20.6 Å². The second-order valence-electron chi connectivity index (χ2n) is 0.559. The van der Waals surface area contributed by atoms with Crippen molar-refractivity contribution in [2.75, 3.05) is 0 Å². The van der Waals surface area contributed by atoms with E-state index in [0.29, 0.717) is 0 Å². The van der Waals surface area contributed by atoms with Crippen LogP contribution in [0.3, 0.4) is 0 Å². The summed E-state index contributed by atoms with van der Waals surface area (Å²) in [5.74, 6) is -1.06. The van der Waals surface area contributed by atoms with Crippen LogP contribution in [0.4, 0.5) is 0 Å². The minimum absolute atomic E-state index is 0.722. The van der Waals surface area contributed by atoms with Gasteiger partial charge in [-0.1, -0.05) is 0 Å². The predicted octanol–water partition coefficient (Wildman–Crippen LogP) is -0.0368. The number of rotatable bonds is 2. The van der Waals surface area contributed by atoms with Gasteiger partial charge in [0, 0.05) is 0 Å². The van der Waals surface area contributed by atoms with Gasteiger partial charge in [-0.05, 0) is 0 Å². The number of hydrogen-bond acceptors (Lipinski definition) is 2. The van der Waals surface area contributed by atoms with Gasteiger partial charge in [-0.25, -0.2) is 0 Å². The first-order valence-electron chi connectivity index (χ1n) is 1.13. The molecule has 0 saturated heterocycles. The molecule has 0 heterocycles. The van der Waals surface area contributed by atoms with E-state index in [-0.39, 0.29) is 0 Å². The van der Waals surface area contributed by atoms with E-state index in [1.807, 2.05) is 0 Å². The SMILES string of the molecule is O=C(O)[CH-][N]=[Fe+]. The summed E-state index contributed by atoms with van der Waals surface area (Å²) < 4.78 is 2.96. The van der Waals surface area contributed by atoms with E-state index in [1.165, 1.54) is 0 Å². The van der Waals surface area contributed by atoms with Crippen molar-refractivity contribution in [2.45, 2.75) is 0 Å². The molecule has 0 aliphatic heterocycles. The van der Waals surface area contributed by atoms with E-state index in [9.17, 15) is 4.79 Å². The summed E-state index contributed by atoms with van der Waals surface area (Å²) in [4.78, 5) is 9.41. The minimum atomic E-state index is -1.06. The van der Waals surface area contributed by atoms with Crippen LogP contribution in [0.1, 0.15) is 0 Å². The second kappa shape index (κ2) is 2.87. The first-order chi connectivity index (χ1) is 2.77. The van der Waals surface area contributed by atoms with Crippen LogP contribution in [0.25, 0.3) is 0 Å². The first kappa shape index (κ1) is 5.66. The fraction of sp³-hybridized carbons (Fsp3) is 0. The maximum atomic E-state index is 9.41. The van der Waals surface area contributed by atoms with Crippen molar-refractivity contribution >= 4 is 5.97 Å². The molecule has 3 nitrogen and oxygen atoms in total. The van der Waals surface area contributed by atoms with Crippen LogP contribution in [0.5, 0.6) is 0 Å². The zero-order valence-corrected chi connectivity index (χ0v) is 3.84. The molecule has 0 aliphatic rings. The Hall–Kier alpha value is -0.341. The molecule has 0 aliphatic carbocycles. The van der Waals surface area contributed by atoms with E-state index < -0.39 is 5.97 Å². The van der Waals surface area contributed by atoms with Crippen molar-refractivity contribution in [3.05, 3.63) is 6.54 Å². The Morgan fingerprint density at radius 2 is 2.50 bits per heavy atom. The molecule has 0 rings (SSSR count). The Kier molecular flexibility index (Phi) is 2.71. The number of carbonyl (C=O) groups is 1. The zero-order valence-electron chi connectivity index (χ0n) is 2.73. The molecular formula is C2H2FeNO2. The summed E-state index contributed by atoms with van der Waals surface area (Å²) in [5.41, 5.74) is 0. The molecule has 0 radical (unpaired) electrons. The zero-order chi connectivity index (χ0) is 4.99. The molecule has 0 unspecified atom stereocenters. The van der Waals surface area contributed by atoms with Crippen molar-refractivity contribution < 1.29 is 25.7 Å². The number of aliphatic carboxylic acids is 1. The molecule has 35 valence electrons. The molecular weight excluding hydrogens is 126 g/mol. The first-order valence-corrected chi connectivity index (χ1v) is 1.63. The third-order valence-electron chi connectivity index (χ3n) is 0.156. The van der Waals surface area contributed by atoms with Crippen molar-refractivity contribution in [2.24, 2.45) is 3.96 Å². The third-order valence-corrected chi connectivity index (χ3v) is 0.299. The van der Waals surface area contributed by atoms with E-state index in [2.05, 4.69) is 19.8 Å². The average molecular weight is 128 g/mol. The van der Waals surface area contributed by atoms with E-state index in [4.69, 9.17) is 5.11 Å². The van der Waals surface area contributed by atoms with Gasteiger partial charge >= 0.3 is 42.2 Å². The molecule has 0 bridgehead atoms. The standard InChI is InChI=1S/C2H2NO2.Fe/c3-1-2(4)5;/h1H,(H,4,5);/q-1;+1. The van der Waals surface area contributed by atoms with Gasteiger partial charge in [0.2, 0.25) is 0 Å². The number of carboxylic acids is 1. The molecule has 0 amide bonds. The Labute approximate surface area is 43.0 Å². The Morgan fingerprint density at radius 1 is 2.00 bits per heavy atom. The number of hydrogen-bond donors (Lipinski definition) is 1. The molecule has 1 N–H and O–H groups in total. The third kappa shape index (κ3) is 3.66. The summed E-state index contributed by atoms with van der Waals surface area (Å²) >= 11 is 2.91. The van der Waals surface area contributed by atoms with Gasteiger partial charge in [-0.3, -0.25) is 0 Å². The van der Waals surface area contributed by atoms with Gasteiger partial charge in [0.05, 0.1) is 0 Å². The molecule has 6 heavy (non-hydrogen) atoms. The average Bonchev–Trinajstić information content (AvgIpc) is 1.35. The van der Waals surface area contributed by atoms with Gasteiger partial charge in [0.25, 0.3) is 0 Å². The molecule has 0 aromatic heterocycles. The molecule has 4 heteroatoms. The Balaban J connectivity index is 3.05. The normalized spacial score (nSPS) is 6.67. The van der Waals surface area contributed by atoms with Crippen molar-refractivity contribution in [1.82, 2.24) is 0 Å². The maximum absolute atomic E-state index is 9.41. The molecule has 0 saturated carbocycles. The predicted molar refractivity (Wildman–Crippen MR) is 14.4 cm³/mol. The Morgan fingerprint density at radius 3 is 2.50 bits per heavy atom. The molecule has 0 atom stereocenters. The van der Waals surface area contributed by atoms with Gasteiger partial charge in [-0.2, -0.15) is 0 Å². The van der Waals surface area contributed by atoms with E-state index in [1.54, 1.807) is 0 Å². The number of nitrogens with zero attached hydrogens (tertiary/aromatic N) is 1. The summed E-state index contributed by atoms with van der Waals surface area (Å²) in [5, 5.41) is 7.72. The summed E-state index contributed by atoms with van der Waals surface area (Å²) in [6.07, 6.45) is 0. The molecule has 0 spiro atoms. The summed E-state index contributed by atoms with van der Waals surface area (Å²) in [6, 6.07) is 0. The number of carboxylic acid groups (broad SMARTS) is 1. The van der Waals surface area contributed by atoms with Crippen LogP contribution >= 0.6 is 0 Å². The summed E-state index contributed by atoms with van der Waals surface area (Å²) in [6.45, 7) is 0.722. The quantitative estimate of drug-likeness (QED) is 0.419. The van der Waals surface area contributed by atoms with Crippen molar-refractivity contribution in [3.8, 4) is 0 Å². The fourth-order valence-corrected chi connectivity index (χ4v) is 0.161. The van der Waals surface area contributed by atoms with E-state index in [0.717, 1.165) is 6.54 Å². The van der Waals surface area contributed by atoms with Crippen molar-refractivity contribution in [3.63, 3.8) is 0 Å². The van der Waals surface area contributed by atoms with Crippen LogP contribution in [0.2, 0.25) is 0 Å². The van der Waals surface area contributed by atoms with Crippen LogP contribution in [-0.4, -0.2) is 11.1 Å². The van der Waals surface area contributed by atoms with E-state index >= 15 is 0 Å². The van der Waals surface area contributed by atoms with Gasteiger partial charge in [0.15, 0.2) is 0 Å². The van der Waals surface area contributed by atoms with Crippen molar-refractivity contribution in [1.29, 1.82) is 0 Å². The fourth-order valence-electron chi connectivity index (χ4n) is 0.0390. The monoisotopic (exact) mass is 128 g/mol. The van der Waals surface area contributed by atoms with Crippen LogP contribution in [0, 0.1) is 6.54 Å².